The largest absolute Gasteiger partial charge is 0.508 e. The molecule has 3 rings (SSSR count). The fraction of sp³-hybridized carbons (Fsp3) is 0.367. The van der Waals surface area contributed by atoms with Crippen molar-refractivity contribution >= 4 is 17.5 Å². The zero-order valence-corrected chi connectivity index (χ0v) is 22.5. The molecule has 1 amide bonds. The number of aliphatic hydroxyl groups is 2. The highest BCUT2D eigenvalue weighted by Crippen LogP contribution is 2.23. The molecular weight excluding hydrogens is 488 g/mol. The van der Waals surface area contributed by atoms with Crippen LogP contribution in [0.2, 0.25) is 5.02 Å². The van der Waals surface area contributed by atoms with Crippen molar-refractivity contribution in [1.82, 2.24) is 10.2 Å². The second-order valence-corrected chi connectivity index (χ2v) is 10.4. The SMILES string of the molecule is CCN(CCc1ccc(Cl)cc1)C(=O)c1cccc(CC(C)(C)NC[C@@H](O)c2ccc(O)c(CO)c2)c1. The summed E-state index contributed by atoms with van der Waals surface area (Å²) in [5.41, 5.74) is 3.48. The van der Waals surface area contributed by atoms with E-state index in [0.29, 0.717) is 47.8 Å². The lowest BCUT2D eigenvalue weighted by Crippen LogP contribution is -2.43. The number of carbonyl (C=O) groups is 1. The Hall–Kier alpha value is -2.90. The Labute approximate surface area is 224 Å². The second kappa shape index (κ2) is 13.1. The fourth-order valence-electron chi connectivity index (χ4n) is 4.32. The molecule has 0 saturated carbocycles. The minimum atomic E-state index is -0.795. The molecule has 0 unspecified atom stereocenters. The van der Waals surface area contributed by atoms with Crippen molar-refractivity contribution in [3.05, 3.63) is 99.6 Å². The van der Waals surface area contributed by atoms with Crippen molar-refractivity contribution in [3.8, 4) is 5.75 Å². The average molecular weight is 525 g/mol. The number of β-amino-alcohol motifs (C(OH)–C–C–N with tert-alkyl or cyclic N) is 1. The Bertz CT molecular complexity index is 1180. The van der Waals surface area contributed by atoms with Gasteiger partial charge in [0.2, 0.25) is 0 Å². The summed E-state index contributed by atoms with van der Waals surface area (Å²) in [5.74, 6) is 0.0132. The molecule has 0 radical (unpaired) electrons. The van der Waals surface area contributed by atoms with Gasteiger partial charge in [0.15, 0.2) is 0 Å². The number of hydrogen-bond acceptors (Lipinski definition) is 5. The molecule has 0 aliphatic carbocycles. The molecule has 3 aromatic carbocycles. The van der Waals surface area contributed by atoms with E-state index in [2.05, 4.69) is 19.2 Å². The van der Waals surface area contributed by atoms with Crippen molar-refractivity contribution in [2.75, 3.05) is 19.6 Å². The predicted molar refractivity (Wildman–Crippen MR) is 148 cm³/mol. The topological polar surface area (TPSA) is 93.0 Å². The molecule has 6 nitrogen and oxygen atoms in total. The van der Waals surface area contributed by atoms with Gasteiger partial charge in [-0.2, -0.15) is 0 Å². The van der Waals surface area contributed by atoms with E-state index in [1.165, 1.54) is 6.07 Å². The third kappa shape index (κ3) is 8.30. The third-order valence-electron chi connectivity index (χ3n) is 6.51. The van der Waals surface area contributed by atoms with Crippen LogP contribution < -0.4 is 5.32 Å². The van der Waals surface area contributed by atoms with E-state index >= 15 is 0 Å². The van der Waals surface area contributed by atoms with E-state index in [0.717, 1.165) is 17.5 Å². The summed E-state index contributed by atoms with van der Waals surface area (Å²) in [6.07, 6.45) is 0.628. The number of likely N-dealkylation sites (N-methyl/N-ethyl adjacent to an activating group) is 1. The van der Waals surface area contributed by atoms with Crippen LogP contribution in [0.4, 0.5) is 0 Å². The van der Waals surface area contributed by atoms with Crippen molar-refractivity contribution in [3.63, 3.8) is 0 Å². The highest BCUT2D eigenvalue weighted by atomic mass is 35.5. The molecule has 0 aromatic heterocycles. The minimum Gasteiger partial charge on any atom is -0.508 e. The highest BCUT2D eigenvalue weighted by Gasteiger charge is 2.22. The lowest BCUT2D eigenvalue weighted by atomic mass is 9.93. The lowest BCUT2D eigenvalue weighted by molar-refractivity contribution is 0.0766. The molecule has 0 bridgehead atoms. The summed E-state index contributed by atoms with van der Waals surface area (Å²) in [4.78, 5) is 15.1. The van der Waals surface area contributed by atoms with Gasteiger partial charge in [-0.3, -0.25) is 4.79 Å². The number of hydrogen-bond donors (Lipinski definition) is 4. The van der Waals surface area contributed by atoms with E-state index in [-0.39, 0.29) is 23.8 Å². The first-order valence-corrected chi connectivity index (χ1v) is 13.0. The second-order valence-electron chi connectivity index (χ2n) is 9.97. The molecule has 0 aliphatic heterocycles. The van der Waals surface area contributed by atoms with Gasteiger partial charge in [0.25, 0.3) is 5.91 Å². The van der Waals surface area contributed by atoms with Crippen LogP contribution in [-0.4, -0.2) is 51.3 Å². The molecule has 198 valence electrons. The highest BCUT2D eigenvalue weighted by molar-refractivity contribution is 6.30. The van der Waals surface area contributed by atoms with Crippen LogP contribution >= 0.6 is 11.6 Å². The zero-order valence-electron chi connectivity index (χ0n) is 21.7. The van der Waals surface area contributed by atoms with Crippen LogP contribution in [0.1, 0.15) is 59.5 Å². The first-order valence-electron chi connectivity index (χ1n) is 12.6. The smallest absolute Gasteiger partial charge is 0.253 e. The number of nitrogens with one attached hydrogen (secondary N) is 1. The standard InChI is InChI=1S/C30H37ClN2O4/c1-4-33(15-14-21-8-11-26(31)12-9-21)29(37)24-7-5-6-22(16-24)18-30(2,3)32-19-28(36)23-10-13-27(35)25(17-23)20-34/h5-13,16-17,28,32,34-36H,4,14-15,18-20H2,1-3H3/t28-/m1/s1. The Morgan fingerprint density at radius 3 is 2.46 bits per heavy atom. The normalized spacial score (nSPS) is 12.4. The van der Waals surface area contributed by atoms with E-state index < -0.39 is 6.10 Å². The Morgan fingerprint density at radius 1 is 1.05 bits per heavy atom. The van der Waals surface area contributed by atoms with Gasteiger partial charge in [-0.05, 0) is 86.7 Å². The van der Waals surface area contributed by atoms with Crippen molar-refractivity contribution in [2.45, 2.75) is 51.9 Å². The van der Waals surface area contributed by atoms with Crippen LogP contribution in [0.5, 0.6) is 5.75 Å². The molecule has 4 N–H and O–H groups in total. The average Bonchev–Trinajstić information content (AvgIpc) is 2.88. The number of benzene rings is 3. The van der Waals surface area contributed by atoms with E-state index in [4.69, 9.17) is 11.6 Å². The first kappa shape index (κ1) is 28.7. The maximum absolute atomic E-state index is 13.2. The van der Waals surface area contributed by atoms with Crippen LogP contribution in [-0.2, 0) is 19.4 Å². The summed E-state index contributed by atoms with van der Waals surface area (Å²) >= 11 is 5.97. The van der Waals surface area contributed by atoms with Crippen molar-refractivity contribution in [1.29, 1.82) is 0 Å². The predicted octanol–water partition coefficient (Wildman–Crippen LogP) is 4.89. The number of aromatic hydroxyl groups is 1. The van der Waals surface area contributed by atoms with Gasteiger partial charge >= 0.3 is 0 Å². The quantitative estimate of drug-likeness (QED) is 0.271. The van der Waals surface area contributed by atoms with Gasteiger partial charge in [0.05, 0.1) is 12.7 Å². The van der Waals surface area contributed by atoms with Gasteiger partial charge in [0, 0.05) is 41.3 Å². The van der Waals surface area contributed by atoms with E-state index in [1.807, 2.05) is 60.4 Å². The molecule has 0 aliphatic rings. The number of aliphatic hydroxyl groups excluding tert-OH is 2. The van der Waals surface area contributed by atoms with Gasteiger partial charge in [-0.15, -0.1) is 0 Å². The molecular formula is C30H37ClN2O4. The molecule has 3 aromatic rings. The number of rotatable bonds is 12. The number of amides is 1. The van der Waals surface area contributed by atoms with Gasteiger partial charge in [0.1, 0.15) is 5.75 Å². The van der Waals surface area contributed by atoms with Crippen molar-refractivity contribution in [2.24, 2.45) is 0 Å². The van der Waals surface area contributed by atoms with Crippen LogP contribution in [0.15, 0.2) is 66.7 Å². The van der Waals surface area contributed by atoms with Crippen LogP contribution in [0.25, 0.3) is 0 Å². The van der Waals surface area contributed by atoms with Crippen LogP contribution in [0.3, 0.4) is 0 Å². The maximum Gasteiger partial charge on any atom is 0.253 e. The Kier molecular flexibility index (Phi) is 10.1. The van der Waals surface area contributed by atoms with Crippen molar-refractivity contribution < 1.29 is 20.1 Å². The number of carbonyl (C=O) groups excluding carboxylic acids is 1. The number of nitrogens with zero attached hydrogens (tertiary/aromatic N) is 1. The van der Waals surface area contributed by atoms with Gasteiger partial charge < -0.3 is 25.5 Å². The lowest BCUT2D eigenvalue weighted by Gasteiger charge is -2.28. The zero-order chi connectivity index (χ0) is 27.0. The van der Waals surface area contributed by atoms with Gasteiger partial charge in [-0.25, -0.2) is 0 Å². The monoisotopic (exact) mass is 524 g/mol. The van der Waals surface area contributed by atoms with Gasteiger partial charge in [-0.1, -0.05) is 41.9 Å². The summed E-state index contributed by atoms with van der Waals surface area (Å²) in [7, 11) is 0. The molecule has 0 saturated heterocycles. The molecule has 7 heteroatoms. The van der Waals surface area contributed by atoms with E-state index in [1.54, 1.807) is 12.1 Å². The third-order valence-corrected chi connectivity index (χ3v) is 6.76. The molecule has 0 heterocycles. The summed E-state index contributed by atoms with van der Waals surface area (Å²) in [6.45, 7) is 7.34. The first-order chi connectivity index (χ1) is 17.6. The van der Waals surface area contributed by atoms with E-state index in [9.17, 15) is 20.1 Å². The Morgan fingerprint density at radius 2 is 1.78 bits per heavy atom. The fourth-order valence-corrected chi connectivity index (χ4v) is 4.44. The molecule has 0 fully saturated rings. The minimum absolute atomic E-state index is 0.00604. The summed E-state index contributed by atoms with van der Waals surface area (Å²) in [6, 6.07) is 20.2. The van der Waals surface area contributed by atoms with Crippen LogP contribution in [0, 0.1) is 0 Å². The summed E-state index contributed by atoms with van der Waals surface area (Å²) < 4.78 is 0. The molecule has 37 heavy (non-hydrogen) atoms. The molecule has 0 spiro atoms. The number of phenols is 1. The maximum atomic E-state index is 13.2. The summed E-state index contributed by atoms with van der Waals surface area (Å²) in [5, 5.41) is 33.8. The molecule has 1 atom stereocenters. The number of halogens is 1. The Balaban J connectivity index is 1.60.